The van der Waals surface area contributed by atoms with Crippen molar-refractivity contribution in [1.29, 1.82) is 0 Å². The molecule has 0 aliphatic carbocycles. The quantitative estimate of drug-likeness (QED) is 0.725. The fourth-order valence-electron chi connectivity index (χ4n) is 1.61. The molecule has 1 rings (SSSR count). The first-order valence-electron chi connectivity index (χ1n) is 7.34. The Morgan fingerprint density at radius 1 is 1.28 bits per heavy atom. The molecule has 0 aliphatic rings. The molecule has 0 saturated carbocycles. The molecular formula is C14H30N4. The van der Waals surface area contributed by atoms with Gasteiger partial charge in [-0.05, 0) is 25.8 Å². The fourth-order valence-corrected chi connectivity index (χ4v) is 1.61. The predicted octanol–water partition coefficient (Wildman–Crippen LogP) is 3.04. The van der Waals surface area contributed by atoms with Gasteiger partial charge in [-0.15, -0.1) is 5.10 Å². The molecule has 0 radical (unpaired) electrons. The second kappa shape index (κ2) is 11.2. The van der Waals surface area contributed by atoms with E-state index in [-0.39, 0.29) is 0 Å². The van der Waals surface area contributed by atoms with Gasteiger partial charge in [0.15, 0.2) is 0 Å². The molecule has 1 aromatic rings. The Kier molecular flexibility index (Phi) is 10.6. The van der Waals surface area contributed by atoms with E-state index in [4.69, 9.17) is 0 Å². The lowest BCUT2D eigenvalue weighted by Gasteiger charge is -2.07. The summed E-state index contributed by atoms with van der Waals surface area (Å²) in [5.41, 5.74) is 1.11. The van der Waals surface area contributed by atoms with Gasteiger partial charge in [-0.3, -0.25) is 4.68 Å². The van der Waals surface area contributed by atoms with Crippen molar-refractivity contribution < 1.29 is 0 Å². The van der Waals surface area contributed by atoms with Crippen LogP contribution in [0, 0.1) is 0 Å². The Hall–Kier alpha value is -0.900. The Bertz CT molecular complexity index is 281. The molecule has 0 bridgehead atoms. The van der Waals surface area contributed by atoms with Gasteiger partial charge in [0.25, 0.3) is 0 Å². The summed E-state index contributed by atoms with van der Waals surface area (Å²) in [6.45, 7) is 12.6. The standard InChI is InChI=1S/C12H24N4.C2H6/c1-4-7-12-10-16(15-14-12)9-6-5-8-13-11(2)3;1-2/h10-11,13H,4-9H2,1-3H3;1-2H3. The van der Waals surface area contributed by atoms with Crippen molar-refractivity contribution in [3.8, 4) is 0 Å². The van der Waals surface area contributed by atoms with Crippen molar-refractivity contribution in [2.24, 2.45) is 0 Å². The van der Waals surface area contributed by atoms with Crippen molar-refractivity contribution in [2.75, 3.05) is 6.54 Å². The molecule has 4 nitrogen and oxygen atoms in total. The van der Waals surface area contributed by atoms with Crippen LogP contribution in [-0.4, -0.2) is 27.6 Å². The van der Waals surface area contributed by atoms with E-state index in [0.29, 0.717) is 6.04 Å². The van der Waals surface area contributed by atoms with Crippen LogP contribution in [0.25, 0.3) is 0 Å². The number of aromatic nitrogens is 3. The lowest BCUT2D eigenvalue weighted by molar-refractivity contribution is 0.504. The van der Waals surface area contributed by atoms with Crippen molar-refractivity contribution in [1.82, 2.24) is 20.3 Å². The van der Waals surface area contributed by atoms with Crippen molar-refractivity contribution in [3.63, 3.8) is 0 Å². The zero-order valence-electron chi connectivity index (χ0n) is 12.7. The maximum atomic E-state index is 4.13. The first-order valence-corrected chi connectivity index (χ1v) is 7.34. The van der Waals surface area contributed by atoms with E-state index in [9.17, 15) is 0 Å². The molecule has 4 heteroatoms. The molecule has 0 atom stereocenters. The first-order chi connectivity index (χ1) is 8.72. The number of aryl methyl sites for hydroxylation is 2. The van der Waals surface area contributed by atoms with Crippen LogP contribution in [0.4, 0.5) is 0 Å². The fraction of sp³-hybridized carbons (Fsp3) is 0.857. The lowest BCUT2D eigenvalue weighted by Crippen LogP contribution is -2.23. The van der Waals surface area contributed by atoms with Gasteiger partial charge in [0.05, 0.1) is 5.69 Å². The summed E-state index contributed by atoms with van der Waals surface area (Å²) in [4.78, 5) is 0. The molecule has 0 saturated heterocycles. The summed E-state index contributed by atoms with van der Waals surface area (Å²) in [5, 5.41) is 11.7. The highest BCUT2D eigenvalue weighted by molar-refractivity contribution is 4.91. The predicted molar refractivity (Wildman–Crippen MR) is 77.7 cm³/mol. The van der Waals surface area contributed by atoms with Crippen LogP contribution in [0.5, 0.6) is 0 Å². The van der Waals surface area contributed by atoms with Crippen LogP contribution in [-0.2, 0) is 13.0 Å². The minimum atomic E-state index is 0.586. The van der Waals surface area contributed by atoms with E-state index < -0.39 is 0 Å². The summed E-state index contributed by atoms with van der Waals surface area (Å²) in [5.74, 6) is 0. The van der Waals surface area contributed by atoms with Gasteiger partial charge in [-0.1, -0.05) is 46.3 Å². The lowest BCUT2D eigenvalue weighted by atomic mass is 10.2. The van der Waals surface area contributed by atoms with Gasteiger partial charge in [-0.25, -0.2) is 0 Å². The van der Waals surface area contributed by atoms with E-state index in [1.54, 1.807) is 0 Å². The van der Waals surface area contributed by atoms with Gasteiger partial charge >= 0.3 is 0 Å². The van der Waals surface area contributed by atoms with Gasteiger partial charge in [0.2, 0.25) is 0 Å². The van der Waals surface area contributed by atoms with Crippen molar-refractivity contribution in [3.05, 3.63) is 11.9 Å². The molecule has 18 heavy (non-hydrogen) atoms. The zero-order chi connectivity index (χ0) is 13.8. The highest BCUT2D eigenvalue weighted by Crippen LogP contribution is 1.99. The van der Waals surface area contributed by atoms with Crippen LogP contribution >= 0.6 is 0 Å². The summed E-state index contributed by atoms with van der Waals surface area (Å²) >= 11 is 0. The van der Waals surface area contributed by atoms with E-state index in [0.717, 1.165) is 38.0 Å². The van der Waals surface area contributed by atoms with E-state index in [2.05, 4.69) is 42.6 Å². The third-order valence-electron chi connectivity index (χ3n) is 2.46. The van der Waals surface area contributed by atoms with Crippen LogP contribution in [0.15, 0.2) is 6.20 Å². The molecule has 0 unspecified atom stereocenters. The molecule has 106 valence electrons. The Balaban J connectivity index is 0.00000137. The average Bonchev–Trinajstić information content (AvgIpc) is 2.79. The second-order valence-corrected chi connectivity index (χ2v) is 4.54. The third-order valence-corrected chi connectivity index (χ3v) is 2.46. The Labute approximate surface area is 112 Å². The molecule has 0 aromatic carbocycles. The number of nitrogens with one attached hydrogen (secondary N) is 1. The molecule has 0 fully saturated rings. The monoisotopic (exact) mass is 254 g/mol. The maximum absolute atomic E-state index is 4.13. The smallest absolute Gasteiger partial charge is 0.0827 e. The topological polar surface area (TPSA) is 42.7 Å². The highest BCUT2D eigenvalue weighted by atomic mass is 15.4. The van der Waals surface area contributed by atoms with E-state index in [1.165, 1.54) is 6.42 Å². The van der Waals surface area contributed by atoms with E-state index >= 15 is 0 Å². The minimum absolute atomic E-state index is 0.586. The van der Waals surface area contributed by atoms with Gasteiger partial charge < -0.3 is 5.32 Å². The van der Waals surface area contributed by atoms with Gasteiger partial charge in [-0.2, -0.15) is 0 Å². The number of nitrogens with zero attached hydrogens (tertiary/aromatic N) is 3. The summed E-state index contributed by atoms with van der Waals surface area (Å²) in [7, 11) is 0. The third kappa shape index (κ3) is 8.23. The van der Waals surface area contributed by atoms with Gasteiger partial charge in [0, 0.05) is 18.8 Å². The summed E-state index contributed by atoms with van der Waals surface area (Å²) in [6, 6.07) is 0.586. The SMILES string of the molecule is CC.CCCc1cn(CCCCNC(C)C)nn1. The van der Waals surface area contributed by atoms with Crippen molar-refractivity contribution in [2.45, 2.75) is 72.9 Å². The maximum Gasteiger partial charge on any atom is 0.0827 e. The normalized spacial score (nSPS) is 10.3. The molecule has 1 heterocycles. The molecule has 1 aromatic heterocycles. The molecule has 0 aliphatic heterocycles. The largest absolute Gasteiger partial charge is 0.315 e. The van der Waals surface area contributed by atoms with Crippen molar-refractivity contribution >= 4 is 0 Å². The molecule has 0 amide bonds. The molecular weight excluding hydrogens is 224 g/mol. The number of hydrogen-bond donors (Lipinski definition) is 1. The number of hydrogen-bond acceptors (Lipinski definition) is 3. The average molecular weight is 254 g/mol. The second-order valence-electron chi connectivity index (χ2n) is 4.54. The first kappa shape index (κ1) is 17.1. The minimum Gasteiger partial charge on any atom is -0.315 e. The van der Waals surface area contributed by atoms with Crippen LogP contribution in [0.3, 0.4) is 0 Å². The van der Waals surface area contributed by atoms with Crippen LogP contribution in [0.2, 0.25) is 0 Å². The summed E-state index contributed by atoms with van der Waals surface area (Å²) in [6.07, 6.45) is 6.60. The molecule has 0 spiro atoms. The number of unbranched alkanes of at least 4 members (excludes halogenated alkanes) is 1. The van der Waals surface area contributed by atoms with Crippen LogP contribution in [0.1, 0.15) is 59.6 Å². The Morgan fingerprint density at radius 3 is 2.61 bits per heavy atom. The molecule has 1 N–H and O–H groups in total. The van der Waals surface area contributed by atoms with Crippen LogP contribution < -0.4 is 5.32 Å². The van der Waals surface area contributed by atoms with E-state index in [1.807, 2.05) is 18.5 Å². The number of rotatable bonds is 8. The summed E-state index contributed by atoms with van der Waals surface area (Å²) < 4.78 is 1.96. The highest BCUT2D eigenvalue weighted by Gasteiger charge is 1.99. The van der Waals surface area contributed by atoms with Gasteiger partial charge in [0.1, 0.15) is 0 Å². The Morgan fingerprint density at radius 2 is 2.00 bits per heavy atom. The zero-order valence-corrected chi connectivity index (χ0v) is 12.7.